The summed E-state index contributed by atoms with van der Waals surface area (Å²) in [7, 11) is 0. The van der Waals surface area contributed by atoms with E-state index in [1.165, 1.54) is 9.13 Å². The standard InChI is InChI=1S/C16H16IN/c1-13(11-14-5-3-2-4-6-14)18-12-15-7-9-16(17)10-8-15/h2-10,12-13H,11H2,1H3/b18-12+. The summed E-state index contributed by atoms with van der Waals surface area (Å²) in [5.41, 5.74) is 2.50. The summed E-state index contributed by atoms with van der Waals surface area (Å²) in [5, 5.41) is 0. The lowest BCUT2D eigenvalue weighted by molar-refractivity contribution is 0.744. The van der Waals surface area contributed by atoms with Crippen LogP contribution >= 0.6 is 22.6 Å². The molecule has 2 aromatic rings. The van der Waals surface area contributed by atoms with Crippen LogP contribution in [0.15, 0.2) is 59.6 Å². The van der Waals surface area contributed by atoms with Crippen molar-refractivity contribution in [3.8, 4) is 0 Å². The second-order valence-corrected chi connectivity index (χ2v) is 5.61. The van der Waals surface area contributed by atoms with E-state index in [0.717, 1.165) is 12.0 Å². The fourth-order valence-electron chi connectivity index (χ4n) is 1.77. The Kier molecular flexibility index (Phi) is 4.93. The highest BCUT2D eigenvalue weighted by Crippen LogP contribution is 2.07. The Bertz CT molecular complexity index is 502. The molecule has 2 rings (SSSR count). The van der Waals surface area contributed by atoms with Crippen LogP contribution in [0.2, 0.25) is 0 Å². The lowest BCUT2D eigenvalue weighted by Gasteiger charge is -2.05. The Labute approximate surface area is 122 Å². The summed E-state index contributed by atoms with van der Waals surface area (Å²) < 4.78 is 1.25. The van der Waals surface area contributed by atoms with Crippen molar-refractivity contribution < 1.29 is 0 Å². The van der Waals surface area contributed by atoms with Gasteiger partial charge in [-0.2, -0.15) is 0 Å². The molecule has 2 heteroatoms. The van der Waals surface area contributed by atoms with Crippen LogP contribution < -0.4 is 0 Å². The quantitative estimate of drug-likeness (QED) is 0.575. The van der Waals surface area contributed by atoms with Crippen LogP contribution in [0.1, 0.15) is 18.1 Å². The molecule has 0 aliphatic rings. The molecular weight excluding hydrogens is 333 g/mol. The SMILES string of the molecule is CC(Cc1ccccc1)/N=C/c1ccc(I)cc1. The summed E-state index contributed by atoms with van der Waals surface area (Å²) in [6.07, 6.45) is 2.95. The van der Waals surface area contributed by atoms with Crippen LogP contribution in [-0.4, -0.2) is 12.3 Å². The summed E-state index contributed by atoms with van der Waals surface area (Å²) in [4.78, 5) is 4.59. The third kappa shape index (κ3) is 4.26. The van der Waals surface area contributed by atoms with Crippen molar-refractivity contribution >= 4 is 28.8 Å². The van der Waals surface area contributed by atoms with E-state index in [1.54, 1.807) is 0 Å². The molecule has 0 aromatic heterocycles. The topological polar surface area (TPSA) is 12.4 Å². The van der Waals surface area contributed by atoms with E-state index in [2.05, 4.69) is 83.0 Å². The predicted octanol–water partition coefficient (Wildman–Crippen LogP) is 4.34. The molecule has 0 aliphatic carbocycles. The molecule has 0 heterocycles. The van der Waals surface area contributed by atoms with Crippen molar-refractivity contribution in [1.82, 2.24) is 0 Å². The molecule has 0 fully saturated rings. The summed E-state index contributed by atoms with van der Waals surface area (Å²) >= 11 is 2.31. The minimum Gasteiger partial charge on any atom is -0.289 e. The number of rotatable bonds is 4. The van der Waals surface area contributed by atoms with Crippen molar-refractivity contribution in [1.29, 1.82) is 0 Å². The molecule has 1 nitrogen and oxygen atoms in total. The monoisotopic (exact) mass is 349 g/mol. The molecule has 18 heavy (non-hydrogen) atoms. The number of halogens is 1. The van der Waals surface area contributed by atoms with E-state index in [4.69, 9.17) is 0 Å². The van der Waals surface area contributed by atoms with Crippen LogP contribution in [0.4, 0.5) is 0 Å². The molecule has 0 N–H and O–H groups in total. The van der Waals surface area contributed by atoms with Crippen molar-refractivity contribution in [2.45, 2.75) is 19.4 Å². The molecule has 0 bridgehead atoms. The van der Waals surface area contributed by atoms with E-state index in [0.29, 0.717) is 6.04 Å². The third-order valence-electron chi connectivity index (χ3n) is 2.72. The van der Waals surface area contributed by atoms with E-state index in [9.17, 15) is 0 Å². The van der Waals surface area contributed by atoms with E-state index >= 15 is 0 Å². The average molecular weight is 349 g/mol. The highest BCUT2D eigenvalue weighted by Gasteiger charge is 1.99. The maximum atomic E-state index is 4.59. The van der Waals surface area contributed by atoms with E-state index in [-0.39, 0.29) is 0 Å². The highest BCUT2D eigenvalue weighted by atomic mass is 127. The van der Waals surface area contributed by atoms with Gasteiger partial charge in [-0.3, -0.25) is 4.99 Å². The lowest BCUT2D eigenvalue weighted by Crippen LogP contribution is -2.03. The number of hydrogen-bond donors (Lipinski definition) is 0. The fourth-order valence-corrected chi connectivity index (χ4v) is 2.13. The Morgan fingerprint density at radius 3 is 2.39 bits per heavy atom. The Hall–Kier alpha value is -1.16. The smallest absolute Gasteiger partial charge is 0.0511 e. The van der Waals surface area contributed by atoms with Crippen LogP contribution in [-0.2, 0) is 6.42 Å². The van der Waals surface area contributed by atoms with E-state index in [1.807, 2.05) is 12.3 Å². The minimum absolute atomic E-state index is 0.312. The average Bonchev–Trinajstić information content (AvgIpc) is 2.39. The molecule has 1 unspecified atom stereocenters. The van der Waals surface area contributed by atoms with Gasteiger partial charge < -0.3 is 0 Å². The lowest BCUT2D eigenvalue weighted by atomic mass is 10.1. The van der Waals surface area contributed by atoms with Gasteiger partial charge in [-0.05, 0) is 59.2 Å². The molecule has 0 amide bonds. The van der Waals surface area contributed by atoms with Gasteiger partial charge in [0, 0.05) is 9.78 Å². The summed E-state index contributed by atoms with van der Waals surface area (Å²) in [5.74, 6) is 0. The number of aliphatic imine (C=N–C) groups is 1. The van der Waals surface area contributed by atoms with Gasteiger partial charge in [0.05, 0.1) is 6.04 Å². The number of benzene rings is 2. The predicted molar refractivity (Wildman–Crippen MR) is 86.4 cm³/mol. The maximum Gasteiger partial charge on any atom is 0.0511 e. The van der Waals surface area contributed by atoms with Crippen molar-refractivity contribution in [3.63, 3.8) is 0 Å². The zero-order valence-electron chi connectivity index (χ0n) is 10.4. The Morgan fingerprint density at radius 2 is 1.72 bits per heavy atom. The molecule has 0 saturated carbocycles. The van der Waals surface area contributed by atoms with Crippen LogP contribution in [0.3, 0.4) is 0 Å². The zero-order chi connectivity index (χ0) is 12.8. The van der Waals surface area contributed by atoms with Gasteiger partial charge >= 0.3 is 0 Å². The van der Waals surface area contributed by atoms with E-state index < -0.39 is 0 Å². The van der Waals surface area contributed by atoms with Crippen molar-refractivity contribution in [3.05, 3.63) is 69.3 Å². The largest absolute Gasteiger partial charge is 0.289 e. The zero-order valence-corrected chi connectivity index (χ0v) is 12.5. The first-order valence-electron chi connectivity index (χ1n) is 6.07. The highest BCUT2D eigenvalue weighted by molar-refractivity contribution is 14.1. The van der Waals surface area contributed by atoms with Crippen LogP contribution in [0, 0.1) is 3.57 Å². The van der Waals surface area contributed by atoms with Crippen LogP contribution in [0.25, 0.3) is 0 Å². The van der Waals surface area contributed by atoms with Gasteiger partial charge in [0.25, 0.3) is 0 Å². The van der Waals surface area contributed by atoms with Gasteiger partial charge in [0.15, 0.2) is 0 Å². The first-order valence-corrected chi connectivity index (χ1v) is 7.14. The number of nitrogens with zero attached hydrogens (tertiary/aromatic N) is 1. The fraction of sp³-hybridized carbons (Fsp3) is 0.188. The van der Waals surface area contributed by atoms with Crippen molar-refractivity contribution in [2.24, 2.45) is 4.99 Å². The Balaban J connectivity index is 1.95. The van der Waals surface area contributed by atoms with Gasteiger partial charge in [-0.1, -0.05) is 42.5 Å². The molecule has 0 spiro atoms. The summed E-state index contributed by atoms with van der Waals surface area (Å²) in [6, 6.07) is 19.2. The molecule has 0 saturated heterocycles. The first kappa shape index (κ1) is 13.3. The molecule has 0 radical (unpaired) electrons. The van der Waals surface area contributed by atoms with Gasteiger partial charge in [0.1, 0.15) is 0 Å². The third-order valence-corrected chi connectivity index (χ3v) is 3.44. The number of hydrogen-bond acceptors (Lipinski definition) is 1. The van der Waals surface area contributed by atoms with Crippen LogP contribution in [0.5, 0.6) is 0 Å². The molecule has 2 aromatic carbocycles. The minimum atomic E-state index is 0.312. The second-order valence-electron chi connectivity index (χ2n) is 4.37. The normalized spacial score (nSPS) is 12.8. The molecule has 0 aliphatic heterocycles. The van der Waals surface area contributed by atoms with Gasteiger partial charge in [-0.15, -0.1) is 0 Å². The first-order chi connectivity index (χ1) is 8.74. The molecule has 92 valence electrons. The van der Waals surface area contributed by atoms with Crippen molar-refractivity contribution in [2.75, 3.05) is 0 Å². The van der Waals surface area contributed by atoms with Gasteiger partial charge in [-0.25, -0.2) is 0 Å². The second kappa shape index (κ2) is 6.69. The maximum absolute atomic E-state index is 4.59. The Morgan fingerprint density at radius 1 is 1.06 bits per heavy atom. The molecular formula is C16H16IN. The molecule has 1 atom stereocenters. The van der Waals surface area contributed by atoms with Gasteiger partial charge in [0.2, 0.25) is 0 Å². The summed E-state index contributed by atoms with van der Waals surface area (Å²) in [6.45, 7) is 2.15.